The van der Waals surface area contributed by atoms with Crippen LogP contribution in [0.5, 0.6) is 5.75 Å². The summed E-state index contributed by atoms with van der Waals surface area (Å²) in [5.74, 6) is 1.80. The molecule has 3 heteroatoms. The van der Waals surface area contributed by atoms with Crippen molar-refractivity contribution < 1.29 is 10.2 Å². The van der Waals surface area contributed by atoms with Gasteiger partial charge in [-0.25, -0.2) is 0 Å². The van der Waals surface area contributed by atoms with Gasteiger partial charge < -0.3 is 15.1 Å². The van der Waals surface area contributed by atoms with Crippen molar-refractivity contribution in [3.05, 3.63) is 23.8 Å². The van der Waals surface area contributed by atoms with Crippen LogP contribution in [-0.4, -0.2) is 23.8 Å². The summed E-state index contributed by atoms with van der Waals surface area (Å²) < 4.78 is 0. The highest BCUT2D eigenvalue weighted by Crippen LogP contribution is 2.39. The molecular weight excluding hydrogens is 214 g/mol. The smallest absolute Gasteiger partial charge is 0.123 e. The van der Waals surface area contributed by atoms with E-state index >= 15 is 0 Å². The number of aliphatic hydroxyl groups excluding tert-OH is 1. The zero-order chi connectivity index (χ0) is 12.6. The molecule has 17 heavy (non-hydrogen) atoms. The highest BCUT2D eigenvalue weighted by atomic mass is 16.3. The molecule has 0 spiro atoms. The number of phenolic OH excluding ortho intramolecular Hbond substituents is 1. The number of nitrogens with zero attached hydrogens (tertiary/aromatic N) is 1. The summed E-state index contributed by atoms with van der Waals surface area (Å²) in [5, 5.41) is 19.3. The second kappa shape index (κ2) is 4.57. The molecule has 1 aromatic carbocycles. The standard InChI is InChI=1S/C14H21NO2/c1-9-6-11(9)8-15(3)12-4-5-13(10(2)16)14(17)7-12/h4-5,7,9-11,16-17H,6,8H2,1-3H3. The molecule has 2 rings (SSSR count). The third kappa shape index (κ3) is 2.72. The Hall–Kier alpha value is -1.22. The van der Waals surface area contributed by atoms with Crippen molar-refractivity contribution in [3.8, 4) is 5.75 Å². The van der Waals surface area contributed by atoms with Crippen LogP contribution in [0.2, 0.25) is 0 Å². The molecule has 1 fully saturated rings. The maximum Gasteiger partial charge on any atom is 0.123 e. The Labute approximate surface area is 103 Å². The van der Waals surface area contributed by atoms with E-state index in [-0.39, 0.29) is 5.75 Å². The van der Waals surface area contributed by atoms with Crippen molar-refractivity contribution in [1.29, 1.82) is 0 Å². The van der Waals surface area contributed by atoms with Gasteiger partial charge in [0.2, 0.25) is 0 Å². The topological polar surface area (TPSA) is 43.7 Å². The van der Waals surface area contributed by atoms with Crippen LogP contribution in [0, 0.1) is 11.8 Å². The van der Waals surface area contributed by atoms with Crippen molar-refractivity contribution in [1.82, 2.24) is 0 Å². The van der Waals surface area contributed by atoms with E-state index in [1.54, 1.807) is 19.1 Å². The summed E-state index contributed by atoms with van der Waals surface area (Å²) >= 11 is 0. The third-order valence-corrected chi connectivity index (χ3v) is 3.69. The van der Waals surface area contributed by atoms with Gasteiger partial charge in [-0.05, 0) is 31.2 Å². The number of rotatable bonds is 4. The van der Waals surface area contributed by atoms with Gasteiger partial charge >= 0.3 is 0 Å². The first kappa shape index (κ1) is 12.2. The Morgan fingerprint density at radius 2 is 2.12 bits per heavy atom. The lowest BCUT2D eigenvalue weighted by molar-refractivity contribution is 0.195. The van der Waals surface area contributed by atoms with Crippen molar-refractivity contribution in [2.45, 2.75) is 26.4 Å². The van der Waals surface area contributed by atoms with Gasteiger partial charge in [0.15, 0.2) is 0 Å². The van der Waals surface area contributed by atoms with Gasteiger partial charge in [0.05, 0.1) is 6.10 Å². The molecule has 0 bridgehead atoms. The molecule has 2 N–H and O–H groups in total. The van der Waals surface area contributed by atoms with E-state index < -0.39 is 6.10 Å². The molecule has 0 radical (unpaired) electrons. The van der Waals surface area contributed by atoms with Gasteiger partial charge in [-0.2, -0.15) is 0 Å². The van der Waals surface area contributed by atoms with Crippen molar-refractivity contribution in [2.75, 3.05) is 18.5 Å². The highest BCUT2D eigenvalue weighted by Gasteiger charge is 2.33. The predicted molar refractivity (Wildman–Crippen MR) is 69.3 cm³/mol. The van der Waals surface area contributed by atoms with E-state index in [1.165, 1.54) is 6.42 Å². The molecule has 0 aliphatic heterocycles. The largest absolute Gasteiger partial charge is 0.507 e. The molecule has 0 heterocycles. The molecular formula is C14H21NO2. The fourth-order valence-electron chi connectivity index (χ4n) is 2.23. The Bertz CT molecular complexity index is 403. The monoisotopic (exact) mass is 235 g/mol. The van der Waals surface area contributed by atoms with Crippen LogP contribution in [0.4, 0.5) is 5.69 Å². The van der Waals surface area contributed by atoms with Crippen LogP contribution >= 0.6 is 0 Å². The number of benzene rings is 1. The van der Waals surface area contributed by atoms with Crippen molar-refractivity contribution in [3.63, 3.8) is 0 Å². The van der Waals surface area contributed by atoms with Gasteiger partial charge in [-0.15, -0.1) is 0 Å². The molecule has 3 nitrogen and oxygen atoms in total. The van der Waals surface area contributed by atoms with Crippen LogP contribution in [-0.2, 0) is 0 Å². The molecule has 0 saturated heterocycles. The SMILES string of the molecule is CC(O)c1ccc(N(C)CC2CC2C)cc1O. The summed E-state index contributed by atoms with van der Waals surface area (Å²) in [6, 6.07) is 5.48. The lowest BCUT2D eigenvalue weighted by Gasteiger charge is -2.20. The minimum atomic E-state index is -0.627. The van der Waals surface area contributed by atoms with Crippen LogP contribution in [0.25, 0.3) is 0 Å². The van der Waals surface area contributed by atoms with E-state index in [9.17, 15) is 10.2 Å². The van der Waals surface area contributed by atoms with E-state index in [1.807, 2.05) is 13.1 Å². The number of aromatic hydroxyl groups is 1. The molecule has 1 aliphatic carbocycles. The Kier molecular flexibility index (Phi) is 3.29. The minimum Gasteiger partial charge on any atom is -0.507 e. The van der Waals surface area contributed by atoms with E-state index in [0.717, 1.165) is 24.1 Å². The summed E-state index contributed by atoms with van der Waals surface area (Å²) in [6.07, 6.45) is 0.681. The lowest BCUT2D eigenvalue weighted by atomic mass is 10.1. The van der Waals surface area contributed by atoms with E-state index in [4.69, 9.17) is 0 Å². The molecule has 94 valence electrons. The third-order valence-electron chi connectivity index (χ3n) is 3.69. The maximum atomic E-state index is 9.83. The summed E-state index contributed by atoms with van der Waals surface area (Å²) in [6.45, 7) is 4.96. The van der Waals surface area contributed by atoms with Crippen LogP contribution in [0.3, 0.4) is 0 Å². The normalized spacial score (nSPS) is 24.5. The number of hydrogen-bond acceptors (Lipinski definition) is 3. The van der Waals surface area contributed by atoms with Crippen LogP contribution in [0.1, 0.15) is 31.9 Å². The predicted octanol–water partition coefficient (Wildman–Crippen LogP) is 2.54. The van der Waals surface area contributed by atoms with Gasteiger partial charge in [0.1, 0.15) is 5.75 Å². The first-order valence-corrected chi connectivity index (χ1v) is 6.21. The number of hydrogen-bond donors (Lipinski definition) is 2. The zero-order valence-electron chi connectivity index (χ0n) is 10.7. The number of anilines is 1. The van der Waals surface area contributed by atoms with Crippen molar-refractivity contribution in [2.24, 2.45) is 11.8 Å². The Morgan fingerprint density at radius 1 is 1.47 bits per heavy atom. The molecule has 0 amide bonds. The van der Waals surface area contributed by atoms with Crippen LogP contribution < -0.4 is 4.90 Å². The summed E-state index contributed by atoms with van der Waals surface area (Å²) in [7, 11) is 2.04. The molecule has 1 aromatic rings. The minimum absolute atomic E-state index is 0.174. The summed E-state index contributed by atoms with van der Waals surface area (Å²) in [4.78, 5) is 2.17. The zero-order valence-corrected chi connectivity index (χ0v) is 10.7. The Balaban J connectivity index is 2.08. The Morgan fingerprint density at radius 3 is 2.59 bits per heavy atom. The van der Waals surface area contributed by atoms with Crippen LogP contribution in [0.15, 0.2) is 18.2 Å². The second-order valence-corrected chi connectivity index (χ2v) is 5.27. The average Bonchev–Trinajstić information content (AvgIpc) is 2.93. The fourth-order valence-corrected chi connectivity index (χ4v) is 2.23. The maximum absolute atomic E-state index is 9.83. The van der Waals surface area contributed by atoms with Gasteiger partial charge in [0.25, 0.3) is 0 Å². The first-order chi connectivity index (χ1) is 7.99. The van der Waals surface area contributed by atoms with Gasteiger partial charge in [-0.1, -0.05) is 13.0 Å². The fraction of sp³-hybridized carbons (Fsp3) is 0.571. The second-order valence-electron chi connectivity index (χ2n) is 5.27. The molecule has 1 saturated carbocycles. The van der Waals surface area contributed by atoms with Gasteiger partial charge in [-0.3, -0.25) is 0 Å². The quantitative estimate of drug-likeness (QED) is 0.843. The molecule has 3 unspecified atom stereocenters. The first-order valence-electron chi connectivity index (χ1n) is 6.21. The van der Waals surface area contributed by atoms with Crippen molar-refractivity contribution >= 4 is 5.69 Å². The molecule has 1 aliphatic rings. The average molecular weight is 235 g/mol. The molecule has 3 atom stereocenters. The number of aliphatic hydroxyl groups is 1. The van der Waals surface area contributed by atoms with E-state index in [0.29, 0.717) is 5.56 Å². The van der Waals surface area contributed by atoms with Gasteiger partial charge in [0, 0.05) is 30.9 Å². The van der Waals surface area contributed by atoms with E-state index in [2.05, 4.69) is 11.8 Å². The lowest BCUT2D eigenvalue weighted by Crippen LogP contribution is -2.20. The highest BCUT2D eigenvalue weighted by molar-refractivity contribution is 5.53. The summed E-state index contributed by atoms with van der Waals surface area (Å²) in [5.41, 5.74) is 1.59. The number of phenols is 1. The molecule has 0 aromatic heterocycles.